The first-order valence-electron chi connectivity index (χ1n) is 9.47. The molecule has 150 valence electrons. The maximum atomic E-state index is 12.1. The highest BCUT2D eigenvalue weighted by molar-refractivity contribution is 7.98. The molecule has 0 bridgehead atoms. The number of nitrogens with zero attached hydrogens (tertiary/aromatic N) is 1. The fourth-order valence-corrected chi connectivity index (χ4v) is 3.39. The quantitative estimate of drug-likeness (QED) is 0.601. The van der Waals surface area contributed by atoms with Crippen molar-refractivity contribution in [3.8, 4) is 0 Å². The Bertz CT molecular complexity index is 735. The number of benzene rings is 2. The number of hydrogen-bond donors (Lipinski definition) is 2. The largest absolute Gasteiger partial charge is 0.355 e. The van der Waals surface area contributed by atoms with Crippen molar-refractivity contribution in [3.63, 3.8) is 0 Å². The van der Waals surface area contributed by atoms with E-state index in [0.29, 0.717) is 19.6 Å². The van der Waals surface area contributed by atoms with Gasteiger partial charge in [-0.15, -0.1) is 0 Å². The van der Waals surface area contributed by atoms with Crippen LogP contribution in [0.25, 0.3) is 0 Å². The Labute approximate surface area is 171 Å². The number of hydrogen-bond acceptors (Lipinski definition) is 3. The zero-order chi connectivity index (χ0) is 20.2. The predicted molar refractivity (Wildman–Crippen MR) is 116 cm³/mol. The van der Waals surface area contributed by atoms with Crippen molar-refractivity contribution in [2.75, 3.05) is 25.9 Å². The molecule has 0 spiro atoms. The van der Waals surface area contributed by atoms with Gasteiger partial charge in [-0.25, -0.2) is 4.79 Å². The number of carbonyl (C=O) groups is 2. The SMILES string of the molecule is Cc1ccc(CSCCNC(=O)CCNC(=O)N(C)Cc2ccccc2)cc1. The zero-order valence-electron chi connectivity index (χ0n) is 16.6. The van der Waals surface area contributed by atoms with Crippen molar-refractivity contribution < 1.29 is 9.59 Å². The summed E-state index contributed by atoms with van der Waals surface area (Å²) in [4.78, 5) is 25.5. The first kappa shape index (κ1) is 21.8. The maximum Gasteiger partial charge on any atom is 0.317 e. The summed E-state index contributed by atoms with van der Waals surface area (Å²) in [7, 11) is 1.74. The van der Waals surface area contributed by atoms with Crippen LogP contribution in [0.2, 0.25) is 0 Å². The molecule has 0 aromatic heterocycles. The molecule has 0 saturated heterocycles. The monoisotopic (exact) mass is 399 g/mol. The molecule has 2 aromatic rings. The highest BCUT2D eigenvalue weighted by atomic mass is 32.2. The Morgan fingerprint density at radius 1 is 0.929 bits per heavy atom. The Morgan fingerprint density at radius 3 is 2.36 bits per heavy atom. The minimum absolute atomic E-state index is 0.0399. The van der Waals surface area contributed by atoms with Crippen LogP contribution in [0.4, 0.5) is 4.79 Å². The van der Waals surface area contributed by atoms with Crippen LogP contribution in [0.3, 0.4) is 0 Å². The summed E-state index contributed by atoms with van der Waals surface area (Å²) in [6.45, 7) is 3.59. The van der Waals surface area contributed by atoms with Crippen LogP contribution in [0, 0.1) is 6.92 Å². The summed E-state index contributed by atoms with van der Waals surface area (Å²) in [6.07, 6.45) is 0.285. The van der Waals surface area contributed by atoms with Gasteiger partial charge < -0.3 is 15.5 Å². The van der Waals surface area contributed by atoms with Crippen molar-refractivity contribution in [1.82, 2.24) is 15.5 Å². The summed E-state index contributed by atoms with van der Waals surface area (Å²) < 4.78 is 0. The molecule has 0 aliphatic carbocycles. The van der Waals surface area contributed by atoms with Crippen LogP contribution in [0.5, 0.6) is 0 Å². The third-order valence-corrected chi connectivity index (χ3v) is 5.23. The summed E-state index contributed by atoms with van der Waals surface area (Å²) in [6, 6.07) is 18.1. The molecule has 0 fully saturated rings. The van der Waals surface area contributed by atoms with Gasteiger partial charge in [0.15, 0.2) is 0 Å². The normalized spacial score (nSPS) is 10.4. The van der Waals surface area contributed by atoms with E-state index >= 15 is 0 Å². The molecule has 0 radical (unpaired) electrons. The number of aryl methyl sites for hydroxylation is 1. The molecule has 0 saturated carbocycles. The van der Waals surface area contributed by atoms with Crippen LogP contribution in [0.15, 0.2) is 54.6 Å². The maximum absolute atomic E-state index is 12.1. The van der Waals surface area contributed by atoms with Crippen LogP contribution in [-0.2, 0) is 17.1 Å². The van der Waals surface area contributed by atoms with E-state index in [4.69, 9.17) is 0 Å². The van der Waals surface area contributed by atoms with Crippen molar-refractivity contribution >= 4 is 23.7 Å². The molecule has 0 aliphatic heterocycles. The molecule has 28 heavy (non-hydrogen) atoms. The van der Waals surface area contributed by atoms with Gasteiger partial charge in [0.25, 0.3) is 0 Å². The number of urea groups is 1. The van der Waals surface area contributed by atoms with Gasteiger partial charge in [0.05, 0.1) is 0 Å². The summed E-state index contributed by atoms with van der Waals surface area (Å²) in [5, 5.41) is 5.68. The first-order valence-corrected chi connectivity index (χ1v) is 10.6. The Kier molecular flexibility index (Phi) is 9.42. The van der Waals surface area contributed by atoms with E-state index in [9.17, 15) is 9.59 Å². The third kappa shape index (κ3) is 8.48. The van der Waals surface area contributed by atoms with Crippen molar-refractivity contribution in [2.45, 2.75) is 25.6 Å². The second-order valence-corrected chi connectivity index (χ2v) is 7.82. The molecule has 0 aliphatic rings. The second-order valence-electron chi connectivity index (χ2n) is 6.71. The van der Waals surface area contributed by atoms with E-state index in [1.807, 2.05) is 30.3 Å². The fourth-order valence-electron chi connectivity index (χ4n) is 2.57. The van der Waals surface area contributed by atoms with Crippen LogP contribution < -0.4 is 10.6 Å². The van der Waals surface area contributed by atoms with Gasteiger partial charge in [-0.05, 0) is 18.1 Å². The van der Waals surface area contributed by atoms with Crippen LogP contribution >= 0.6 is 11.8 Å². The van der Waals surface area contributed by atoms with Gasteiger partial charge in [-0.2, -0.15) is 11.8 Å². The lowest BCUT2D eigenvalue weighted by Crippen LogP contribution is -2.39. The van der Waals surface area contributed by atoms with Gasteiger partial charge in [0.1, 0.15) is 0 Å². The van der Waals surface area contributed by atoms with Crippen LogP contribution in [-0.4, -0.2) is 42.7 Å². The van der Waals surface area contributed by atoms with Gasteiger partial charge in [0.2, 0.25) is 5.91 Å². The molecular weight excluding hydrogens is 370 g/mol. The number of carbonyl (C=O) groups excluding carboxylic acids is 2. The molecule has 0 atom stereocenters. The lowest BCUT2D eigenvalue weighted by molar-refractivity contribution is -0.120. The molecule has 2 rings (SSSR count). The van der Waals surface area contributed by atoms with E-state index in [-0.39, 0.29) is 18.4 Å². The number of thioether (sulfide) groups is 1. The minimum atomic E-state index is -0.176. The Hall–Kier alpha value is -2.47. The first-order chi connectivity index (χ1) is 13.5. The number of nitrogens with one attached hydrogen (secondary N) is 2. The van der Waals surface area contributed by atoms with E-state index < -0.39 is 0 Å². The lowest BCUT2D eigenvalue weighted by Gasteiger charge is -2.18. The number of rotatable bonds is 10. The molecular formula is C22H29N3O2S. The number of amides is 3. The minimum Gasteiger partial charge on any atom is -0.355 e. The molecule has 2 N–H and O–H groups in total. The topological polar surface area (TPSA) is 61.4 Å². The van der Waals surface area contributed by atoms with E-state index in [2.05, 4.69) is 41.8 Å². The van der Waals surface area contributed by atoms with E-state index in [1.165, 1.54) is 11.1 Å². The van der Waals surface area contributed by atoms with E-state index in [1.54, 1.807) is 23.7 Å². The summed E-state index contributed by atoms with van der Waals surface area (Å²) in [5.74, 6) is 1.77. The van der Waals surface area contributed by atoms with Gasteiger partial charge in [-0.3, -0.25) is 4.79 Å². The van der Waals surface area contributed by atoms with Gasteiger partial charge >= 0.3 is 6.03 Å². The molecule has 0 unspecified atom stereocenters. The highest BCUT2D eigenvalue weighted by Gasteiger charge is 2.09. The molecule has 0 heterocycles. The van der Waals surface area contributed by atoms with E-state index in [0.717, 1.165) is 17.1 Å². The highest BCUT2D eigenvalue weighted by Crippen LogP contribution is 2.12. The Balaban J connectivity index is 1.52. The second kappa shape index (κ2) is 12.1. The van der Waals surface area contributed by atoms with Crippen molar-refractivity contribution in [2.24, 2.45) is 0 Å². The van der Waals surface area contributed by atoms with Crippen molar-refractivity contribution in [1.29, 1.82) is 0 Å². The zero-order valence-corrected chi connectivity index (χ0v) is 17.4. The Morgan fingerprint density at radius 2 is 1.64 bits per heavy atom. The molecule has 3 amide bonds. The third-order valence-electron chi connectivity index (χ3n) is 4.20. The summed E-state index contributed by atoms with van der Waals surface area (Å²) >= 11 is 1.80. The van der Waals surface area contributed by atoms with Gasteiger partial charge in [-0.1, -0.05) is 60.2 Å². The summed E-state index contributed by atoms with van der Waals surface area (Å²) in [5.41, 5.74) is 3.63. The predicted octanol–water partition coefficient (Wildman–Crippen LogP) is 3.58. The smallest absolute Gasteiger partial charge is 0.317 e. The lowest BCUT2D eigenvalue weighted by atomic mass is 10.2. The fraction of sp³-hybridized carbons (Fsp3) is 0.364. The molecule has 2 aromatic carbocycles. The standard InChI is InChI=1S/C22H29N3O2S/c1-18-8-10-20(11-9-18)17-28-15-14-23-21(26)12-13-24-22(27)25(2)16-19-6-4-3-5-7-19/h3-11H,12-17H2,1-2H3,(H,23,26)(H,24,27). The molecule has 6 heteroatoms. The van der Waals surface area contributed by atoms with Crippen molar-refractivity contribution in [3.05, 3.63) is 71.3 Å². The van der Waals surface area contributed by atoms with Gasteiger partial charge in [0, 0.05) is 44.6 Å². The average molecular weight is 400 g/mol. The van der Waals surface area contributed by atoms with Crippen LogP contribution in [0.1, 0.15) is 23.1 Å². The molecule has 5 nitrogen and oxygen atoms in total. The average Bonchev–Trinajstić information content (AvgIpc) is 2.69.